The molecule has 1 amide bonds. The Morgan fingerprint density at radius 2 is 1.94 bits per heavy atom. The molecule has 0 saturated heterocycles. The Labute approximate surface area is 182 Å². The number of benzene rings is 1. The van der Waals surface area contributed by atoms with Crippen LogP contribution in [0.15, 0.2) is 36.7 Å². The van der Waals surface area contributed by atoms with E-state index >= 15 is 0 Å². The van der Waals surface area contributed by atoms with Crippen molar-refractivity contribution in [3.63, 3.8) is 0 Å². The number of nitrogens with zero attached hydrogens (tertiary/aromatic N) is 6. The Hall–Kier alpha value is -3.18. The van der Waals surface area contributed by atoms with E-state index in [2.05, 4.69) is 25.5 Å². The molecule has 3 heterocycles. The van der Waals surface area contributed by atoms with Gasteiger partial charge in [0.25, 0.3) is 5.91 Å². The van der Waals surface area contributed by atoms with E-state index in [1.54, 1.807) is 18.2 Å². The number of halogens is 5. The van der Waals surface area contributed by atoms with E-state index in [4.69, 9.17) is 23.2 Å². The second-order valence-electron chi connectivity index (χ2n) is 6.54. The molecule has 0 aliphatic rings. The summed E-state index contributed by atoms with van der Waals surface area (Å²) in [5.41, 5.74) is -0.520. The summed E-state index contributed by atoms with van der Waals surface area (Å²) in [7, 11) is 0. The molecule has 0 atom stereocenters. The van der Waals surface area contributed by atoms with Gasteiger partial charge in [-0.1, -0.05) is 29.3 Å². The molecule has 13 heteroatoms. The molecule has 0 radical (unpaired) electrons. The van der Waals surface area contributed by atoms with Crippen LogP contribution in [0.4, 0.5) is 19.1 Å². The average molecular weight is 470 g/mol. The van der Waals surface area contributed by atoms with E-state index in [9.17, 15) is 18.0 Å². The number of aromatic nitrogens is 6. The number of alkyl halides is 3. The van der Waals surface area contributed by atoms with Crippen LogP contribution in [0.5, 0.6) is 0 Å². The highest BCUT2D eigenvalue weighted by atomic mass is 35.5. The maximum absolute atomic E-state index is 13.3. The Kier molecular flexibility index (Phi) is 5.31. The maximum Gasteiger partial charge on any atom is 0.433 e. The topological polar surface area (TPSA) is 90.0 Å². The molecule has 0 saturated carbocycles. The lowest BCUT2D eigenvalue weighted by Crippen LogP contribution is -2.16. The second kappa shape index (κ2) is 7.82. The second-order valence-corrected chi connectivity index (χ2v) is 7.38. The number of carbonyl (C=O) groups excluding carboxylic acids is 1. The van der Waals surface area contributed by atoms with E-state index < -0.39 is 17.8 Å². The van der Waals surface area contributed by atoms with Gasteiger partial charge in [-0.15, -0.1) is 5.10 Å². The van der Waals surface area contributed by atoms with Crippen LogP contribution in [0.25, 0.3) is 5.65 Å². The smallest absolute Gasteiger partial charge is 0.288 e. The Morgan fingerprint density at radius 3 is 2.65 bits per heavy atom. The van der Waals surface area contributed by atoms with Crippen molar-refractivity contribution in [2.24, 2.45) is 0 Å². The van der Waals surface area contributed by atoms with Crippen molar-refractivity contribution in [1.29, 1.82) is 0 Å². The van der Waals surface area contributed by atoms with Crippen molar-refractivity contribution in [2.75, 3.05) is 5.32 Å². The zero-order chi connectivity index (χ0) is 22.3. The molecule has 4 rings (SSSR count). The highest BCUT2D eigenvalue weighted by Crippen LogP contribution is 2.30. The molecule has 0 fully saturated rings. The predicted molar refractivity (Wildman–Crippen MR) is 106 cm³/mol. The largest absolute Gasteiger partial charge is 0.433 e. The van der Waals surface area contributed by atoms with Crippen LogP contribution in [0.1, 0.15) is 27.4 Å². The van der Waals surface area contributed by atoms with Crippen LogP contribution >= 0.6 is 23.2 Å². The van der Waals surface area contributed by atoms with Gasteiger partial charge in [-0.05, 0) is 30.7 Å². The Balaban J connectivity index is 1.54. The van der Waals surface area contributed by atoms with Gasteiger partial charge >= 0.3 is 6.18 Å². The fourth-order valence-electron chi connectivity index (χ4n) is 2.83. The van der Waals surface area contributed by atoms with Gasteiger partial charge in [0.1, 0.15) is 12.0 Å². The highest BCUT2D eigenvalue weighted by Gasteiger charge is 2.35. The minimum absolute atomic E-state index is 0.0488. The van der Waals surface area contributed by atoms with Gasteiger partial charge in [-0.25, -0.2) is 19.2 Å². The van der Waals surface area contributed by atoms with Gasteiger partial charge in [-0.2, -0.15) is 18.3 Å². The third kappa shape index (κ3) is 4.47. The zero-order valence-corrected chi connectivity index (χ0v) is 17.2. The van der Waals surface area contributed by atoms with Gasteiger partial charge < -0.3 is 0 Å². The average Bonchev–Trinajstić information content (AvgIpc) is 3.29. The lowest BCUT2D eigenvalue weighted by molar-refractivity contribution is -0.142. The van der Waals surface area contributed by atoms with E-state index in [0.717, 1.165) is 17.7 Å². The van der Waals surface area contributed by atoms with Crippen LogP contribution in [0.3, 0.4) is 0 Å². The summed E-state index contributed by atoms with van der Waals surface area (Å²) in [4.78, 5) is 20.4. The van der Waals surface area contributed by atoms with Crippen molar-refractivity contribution >= 4 is 40.7 Å². The number of amides is 1. The molecule has 1 N–H and O–H groups in total. The molecule has 0 unspecified atom stereocenters. The molecule has 160 valence electrons. The van der Waals surface area contributed by atoms with Crippen LogP contribution in [-0.2, 0) is 12.7 Å². The molecular weight excluding hydrogens is 458 g/mol. The summed E-state index contributed by atoms with van der Waals surface area (Å²) in [5, 5.41) is 11.2. The predicted octanol–water partition coefficient (Wildman–Crippen LogP) is 4.26. The first kappa shape index (κ1) is 21.1. The van der Waals surface area contributed by atoms with Crippen LogP contribution in [-0.4, -0.2) is 35.3 Å². The zero-order valence-electron chi connectivity index (χ0n) is 15.7. The lowest BCUT2D eigenvalue weighted by Gasteiger charge is -2.08. The van der Waals surface area contributed by atoms with Crippen molar-refractivity contribution in [3.8, 4) is 0 Å². The first-order valence-corrected chi connectivity index (χ1v) is 9.45. The third-order valence-corrected chi connectivity index (χ3v) is 4.77. The van der Waals surface area contributed by atoms with Crippen LogP contribution in [0.2, 0.25) is 10.0 Å². The first-order chi connectivity index (χ1) is 14.6. The standard InChI is InChI=1S/C18H12Cl2F3N7O/c1-9-4-14(18(21,22)23)30-15(25-9)6-13(27-30)16(31)26-17-24-8-29(28-17)7-10-2-3-11(19)5-12(10)20/h2-6,8H,7H2,1H3,(H,26,28,31). The third-order valence-electron chi connectivity index (χ3n) is 4.19. The SMILES string of the molecule is Cc1cc(C(F)(F)F)n2nc(C(=O)Nc3ncn(Cc4ccc(Cl)cc4Cl)n3)cc2n1. The molecule has 1 aromatic carbocycles. The molecule has 4 aromatic rings. The van der Waals surface area contributed by atoms with Crippen molar-refractivity contribution in [2.45, 2.75) is 19.6 Å². The maximum atomic E-state index is 13.3. The number of aryl methyl sites for hydroxylation is 1. The molecule has 0 aliphatic heterocycles. The molecule has 31 heavy (non-hydrogen) atoms. The molecule has 3 aromatic heterocycles. The first-order valence-electron chi connectivity index (χ1n) is 8.69. The number of rotatable bonds is 4. The van der Waals surface area contributed by atoms with Gasteiger partial charge in [0.05, 0.1) is 6.54 Å². The van der Waals surface area contributed by atoms with Gasteiger partial charge in [-0.3, -0.25) is 10.1 Å². The number of nitrogens with one attached hydrogen (secondary N) is 1. The normalized spacial score (nSPS) is 11.8. The monoisotopic (exact) mass is 469 g/mol. The van der Waals surface area contributed by atoms with Crippen LogP contribution in [0, 0.1) is 6.92 Å². The lowest BCUT2D eigenvalue weighted by atomic mass is 10.2. The van der Waals surface area contributed by atoms with Gasteiger partial charge in [0, 0.05) is 21.8 Å². The Morgan fingerprint density at radius 1 is 1.16 bits per heavy atom. The van der Waals surface area contributed by atoms with E-state index in [1.807, 2.05) is 0 Å². The molecule has 8 nitrogen and oxygen atoms in total. The van der Waals surface area contributed by atoms with E-state index in [-0.39, 0.29) is 29.5 Å². The summed E-state index contributed by atoms with van der Waals surface area (Å²) in [5.74, 6) is -0.828. The number of carbonyl (C=O) groups is 1. The summed E-state index contributed by atoms with van der Waals surface area (Å²) in [6.07, 6.45) is -3.29. The summed E-state index contributed by atoms with van der Waals surface area (Å²) in [6.45, 7) is 1.69. The minimum atomic E-state index is -4.66. The summed E-state index contributed by atoms with van der Waals surface area (Å²) >= 11 is 12.0. The summed E-state index contributed by atoms with van der Waals surface area (Å²) < 4.78 is 41.8. The summed E-state index contributed by atoms with van der Waals surface area (Å²) in [6, 6.07) is 7.01. The Bertz CT molecular complexity index is 1300. The number of anilines is 1. The fraction of sp³-hybridized carbons (Fsp3) is 0.167. The number of hydrogen-bond acceptors (Lipinski definition) is 5. The van der Waals surface area contributed by atoms with Crippen molar-refractivity contribution < 1.29 is 18.0 Å². The molecule has 0 spiro atoms. The van der Waals surface area contributed by atoms with Crippen molar-refractivity contribution in [1.82, 2.24) is 29.4 Å². The van der Waals surface area contributed by atoms with E-state index in [1.165, 1.54) is 17.9 Å². The van der Waals surface area contributed by atoms with Gasteiger partial charge in [0.2, 0.25) is 5.95 Å². The number of fused-ring (bicyclic) bond motifs is 1. The minimum Gasteiger partial charge on any atom is -0.288 e. The molecule has 0 bridgehead atoms. The quantitative estimate of drug-likeness (QED) is 0.482. The van der Waals surface area contributed by atoms with Gasteiger partial charge in [0.15, 0.2) is 11.3 Å². The van der Waals surface area contributed by atoms with E-state index in [0.29, 0.717) is 14.6 Å². The fourth-order valence-corrected chi connectivity index (χ4v) is 3.30. The van der Waals surface area contributed by atoms with Crippen LogP contribution < -0.4 is 5.32 Å². The molecular formula is C18H12Cl2F3N7O. The van der Waals surface area contributed by atoms with Crippen molar-refractivity contribution in [3.05, 3.63) is 69.3 Å². The number of hydrogen-bond donors (Lipinski definition) is 1. The molecule has 0 aliphatic carbocycles. The highest BCUT2D eigenvalue weighted by molar-refractivity contribution is 6.35.